The Labute approximate surface area is 110 Å². The van der Waals surface area contributed by atoms with Crippen molar-refractivity contribution in [3.63, 3.8) is 0 Å². The van der Waals surface area contributed by atoms with Crippen LogP contribution in [0.25, 0.3) is 10.9 Å². The largest absolute Gasteiger partial charge is 0.365 e. The molecule has 19 heavy (non-hydrogen) atoms. The second-order valence-corrected chi connectivity index (χ2v) is 4.18. The highest BCUT2D eigenvalue weighted by molar-refractivity contribution is 5.88. The zero-order chi connectivity index (χ0) is 13.1. The van der Waals surface area contributed by atoms with Gasteiger partial charge in [0.15, 0.2) is 0 Å². The average molecular weight is 253 g/mol. The van der Waals surface area contributed by atoms with E-state index in [9.17, 15) is 4.39 Å². The van der Waals surface area contributed by atoms with Gasteiger partial charge in [-0.3, -0.25) is 0 Å². The normalized spacial score (nSPS) is 10.6. The van der Waals surface area contributed by atoms with Gasteiger partial charge < -0.3 is 5.32 Å². The van der Waals surface area contributed by atoms with Crippen LogP contribution in [0.15, 0.2) is 54.9 Å². The molecule has 2 aromatic carbocycles. The summed E-state index contributed by atoms with van der Waals surface area (Å²) in [6.45, 7) is 0.397. The fraction of sp³-hybridized carbons (Fsp3) is 0.0667. The maximum absolute atomic E-state index is 13.5. The van der Waals surface area contributed by atoms with Crippen molar-refractivity contribution in [2.24, 2.45) is 0 Å². The summed E-state index contributed by atoms with van der Waals surface area (Å²) in [5, 5.41) is 4.09. The van der Waals surface area contributed by atoms with E-state index in [1.54, 1.807) is 12.1 Å². The second kappa shape index (κ2) is 5.02. The van der Waals surface area contributed by atoms with Crippen LogP contribution in [0.3, 0.4) is 0 Å². The maximum Gasteiger partial charge on any atom is 0.137 e. The van der Waals surface area contributed by atoms with E-state index in [4.69, 9.17) is 0 Å². The first-order chi connectivity index (χ1) is 9.34. The number of anilines is 1. The Kier molecular flexibility index (Phi) is 3.06. The molecule has 4 heteroatoms. The van der Waals surface area contributed by atoms with Gasteiger partial charge in [0.05, 0.1) is 5.52 Å². The SMILES string of the molecule is Fc1ccccc1CNc1ncnc2ccccc12. The van der Waals surface area contributed by atoms with Crippen LogP contribution in [0, 0.1) is 5.82 Å². The van der Waals surface area contributed by atoms with Crippen molar-refractivity contribution in [1.29, 1.82) is 0 Å². The van der Waals surface area contributed by atoms with Gasteiger partial charge in [-0.15, -0.1) is 0 Å². The average Bonchev–Trinajstić information content (AvgIpc) is 2.46. The Hall–Kier alpha value is -2.49. The summed E-state index contributed by atoms with van der Waals surface area (Å²) < 4.78 is 13.5. The van der Waals surface area contributed by atoms with Crippen LogP contribution in [0.4, 0.5) is 10.2 Å². The molecule has 0 saturated heterocycles. The molecule has 0 fully saturated rings. The van der Waals surface area contributed by atoms with Gasteiger partial charge in [0.2, 0.25) is 0 Å². The molecule has 0 aliphatic carbocycles. The number of benzene rings is 2. The van der Waals surface area contributed by atoms with E-state index in [1.165, 1.54) is 12.4 Å². The van der Waals surface area contributed by atoms with Gasteiger partial charge in [0.1, 0.15) is 18.0 Å². The first-order valence-corrected chi connectivity index (χ1v) is 6.01. The Morgan fingerprint density at radius 2 is 1.74 bits per heavy atom. The van der Waals surface area contributed by atoms with Crippen molar-refractivity contribution in [2.45, 2.75) is 6.54 Å². The molecular formula is C15H12FN3. The van der Waals surface area contributed by atoms with Crippen molar-refractivity contribution in [2.75, 3.05) is 5.32 Å². The minimum absolute atomic E-state index is 0.214. The summed E-state index contributed by atoms with van der Waals surface area (Å²) in [6.07, 6.45) is 1.51. The van der Waals surface area contributed by atoms with Crippen LogP contribution in [0.2, 0.25) is 0 Å². The lowest BCUT2D eigenvalue weighted by Gasteiger charge is -2.08. The van der Waals surface area contributed by atoms with Crippen LogP contribution in [0.1, 0.15) is 5.56 Å². The summed E-state index contributed by atoms with van der Waals surface area (Å²) in [5.74, 6) is 0.502. The highest BCUT2D eigenvalue weighted by Gasteiger charge is 2.04. The minimum atomic E-state index is -0.214. The molecule has 1 heterocycles. The smallest absolute Gasteiger partial charge is 0.137 e. The fourth-order valence-corrected chi connectivity index (χ4v) is 1.97. The van der Waals surface area contributed by atoms with Gasteiger partial charge in [-0.1, -0.05) is 30.3 Å². The number of hydrogen-bond donors (Lipinski definition) is 1. The van der Waals surface area contributed by atoms with Gasteiger partial charge in [0, 0.05) is 17.5 Å². The molecule has 94 valence electrons. The standard InChI is InChI=1S/C15H12FN3/c16-13-7-3-1-5-11(13)9-17-15-12-6-2-4-8-14(12)18-10-19-15/h1-8,10H,9H2,(H,17,18,19). The molecule has 0 amide bonds. The quantitative estimate of drug-likeness (QED) is 0.777. The third-order valence-corrected chi connectivity index (χ3v) is 2.95. The molecule has 0 atom stereocenters. The highest BCUT2D eigenvalue weighted by Crippen LogP contribution is 2.19. The molecule has 3 aromatic rings. The van der Waals surface area contributed by atoms with Crippen LogP contribution in [-0.4, -0.2) is 9.97 Å². The van der Waals surface area contributed by atoms with Crippen LogP contribution >= 0.6 is 0 Å². The lowest BCUT2D eigenvalue weighted by atomic mass is 10.2. The molecule has 0 saturated carbocycles. The second-order valence-electron chi connectivity index (χ2n) is 4.18. The van der Waals surface area contributed by atoms with Crippen molar-refractivity contribution in [3.8, 4) is 0 Å². The third kappa shape index (κ3) is 2.38. The number of nitrogens with zero attached hydrogens (tertiary/aromatic N) is 2. The molecule has 0 spiro atoms. The molecule has 3 nitrogen and oxygen atoms in total. The topological polar surface area (TPSA) is 37.8 Å². The molecule has 3 rings (SSSR count). The Bertz CT molecular complexity index is 707. The lowest BCUT2D eigenvalue weighted by molar-refractivity contribution is 0.613. The van der Waals surface area contributed by atoms with E-state index in [-0.39, 0.29) is 5.82 Å². The van der Waals surface area contributed by atoms with E-state index in [0.717, 1.165) is 10.9 Å². The number of aromatic nitrogens is 2. The van der Waals surface area contributed by atoms with Gasteiger partial charge >= 0.3 is 0 Å². The Morgan fingerprint density at radius 3 is 2.63 bits per heavy atom. The predicted octanol–water partition coefficient (Wildman–Crippen LogP) is 3.38. The molecule has 0 aliphatic rings. The van der Waals surface area contributed by atoms with Crippen molar-refractivity contribution in [1.82, 2.24) is 9.97 Å². The lowest BCUT2D eigenvalue weighted by Crippen LogP contribution is -2.04. The molecule has 1 N–H and O–H groups in total. The summed E-state index contributed by atoms with van der Waals surface area (Å²) in [4.78, 5) is 8.40. The summed E-state index contributed by atoms with van der Waals surface area (Å²) in [5.41, 5.74) is 1.48. The zero-order valence-corrected chi connectivity index (χ0v) is 10.2. The van der Waals surface area contributed by atoms with E-state index in [1.807, 2.05) is 30.3 Å². The highest BCUT2D eigenvalue weighted by atomic mass is 19.1. The molecule has 0 radical (unpaired) electrons. The summed E-state index contributed by atoms with van der Waals surface area (Å²) in [6, 6.07) is 14.4. The Morgan fingerprint density at radius 1 is 0.947 bits per heavy atom. The fourth-order valence-electron chi connectivity index (χ4n) is 1.97. The third-order valence-electron chi connectivity index (χ3n) is 2.95. The first kappa shape index (κ1) is 11.6. The first-order valence-electron chi connectivity index (χ1n) is 6.01. The van der Waals surface area contributed by atoms with E-state index >= 15 is 0 Å². The number of para-hydroxylation sites is 1. The number of halogens is 1. The zero-order valence-electron chi connectivity index (χ0n) is 10.2. The van der Waals surface area contributed by atoms with Gasteiger partial charge in [-0.2, -0.15) is 0 Å². The predicted molar refractivity (Wildman–Crippen MR) is 73.3 cm³/mol. The van der Waals surface area contributed by atoms with E-state index < -0.39 is 0 Å². The number of hydrogen-bond acceptors (Lipinski definition) is 3. The Balaban J connectivity index is 1.88. The molecule has 0 unspecified atom stereocenters. The molecular weight excluding hydrogens is 241 g/mol. The van der Waals surface area contributed by atoms with Gasteiger partial charge in [-0.25, -0.2) is 14.4 Å². The van der Waals surface area contributed by atoms with E-state index in [2.05, 4.69) is 15.3 Å². The summed E-state index contributed by atoms with van der Waals surface area (Å²) in [7, 11) is 0. The van der Waals surface area contributed by atoms with Crippen LogP contribution in [0.5, 0.6) is 0 Å². The van der Waals surface area contributed by atoms with Gasteiger partial charge in [0.25, 0.3) is 0 Å². The number of rotatable bonds is 3. The maximum atomic E-state index is 13.5. The molecule has 0 bridgehead atoms. The van der Waals surface area contributed by atoms with Crippen LogP contribution in [-0.2, 0) is 6.54 Å². The monoisotopic (exact) mass is 253 g/mol. The van der Waals surface area contributed by atoms with Crippen molar-refractivity contribution in [3.05, 3.63) is 66.2 Å². The molecule has 0 aliphatic heterocycles. The van der Waals surface area contributed by atoms with Gasteiger partial charge in [-0.05, 0) is 18.2 Å². The van der Waals surface area contributed by atoms with Crippen molar-refractivity contribution >= 4 is 16.7 Å². The van der Waals surface area contributed by atoms with E-state index in [0.29, 0.717) is 17.9 Å². The molecule has 1 aromatic heterocycles. The number of nitrogens with one attached hydrogen (secondary N) is 1. The number of fused-ring (bicyclic) bond motifs is 1. The summed E-state index contributed by atoms with van der Waals surface area (Å²) >= 11 is 0. The van der Waals surface area contributed by atoms with Crippen molar-refractivity contribution < 1.29 is 4.39 Å². The minimum Gasteiger partial charge on any atom is -0.365 e. The van der Waals surface area contributed by atoms with Crippen LogP contribution < -0.4 is 5.32 Å².